The van der Waals surface area contributed by atoms with Gasteiger partial charge < -0.3 is 10.5 Å². The number of halogens is 2. The molecule has 4 heteroatoms. The molecule has 0 heterocycles. The number of nitrogens with two attached hydrogens (primary N) is 1. The molecule has 0 spiro atoms. The summed E-state index contributed by atoms with van der Waals surface area (Å²) < 4.78 is 28.0. The average Bonchev–Trinajstić information content (AvgIpc) is 2.27. The van der Waals surface area contributed by atoms with E-state index in [1.54, 1.807) is 12.1 Å². The van der Waals surface area contributed by atoms with Crippen LogP contribution in [0.3, 0.4) is 0 Å². The molecule has 16 heavy (non-hydrogen) atoms. The summed E-state index contributed by atoms with van der Waals surface area (Å²) in [6, 6.07) is 6.48. The predicted octanol–water partition coefficient (Wildman–Crippen LogP) is 3.04. The van der Waals surface area contributed by atoms with Gasteiger partial charge in [-0.1, -0.05) is 30.7 Å². The number of hydrogen-bond acceptors (Lipinski definition) is 2. The zero-order valence-electron chi connectivity index (χ0n) is 9.12. The van der Waals surface area contributed by atoms with Crippen LogP contribution in [0, 0.1) is 0 Å². The van der Waals surface area contributed by atoms with Crippen LogP contribution in [0.1, 0.15) is 18.9 Å². The minimum atomic E-state index is -2.78. The molecule has 0 amide bonds. The second-order valence-electron chi connectivity index (χ2n) is 3.31. The lowest BCUT2D eigenvalue weighted by molar-refractivity contribution is -0.0498. The van der Waals surface area contributed by atoms with Gasteiger partial charge in [-0.3, -0.25) is 0 Å². The number of rotatable bonds is 5. The van der Waals surface area contributed by atoms with E-state index >= 15 is 0 Å². The van der Waals surface area contributed by atoms with Crippen molar-refractivity contribution in [2.75, 3.05) is 6.54 Å². The molecule has 0 aliphatic carbocycles. The Hall–Kier alpha value is -1.42. The Morgan fingerprint density at radius 2 is 2.00 bits per heavy atom. The quantitative estimate of drug-likeness (QED) is 0.839. The second-order valence-corrected chi connectivity index (χ2v) is 3.31. The summed E-state index contributed by atoms with van der Waals surface area (Å²) in [6.45, 7) is -0.254. The van der Waals surface area contributed by atoms with Gasteiger partial charge in [0.15, 0.2) is 0 Å². The Morgan fingerprint density at radius 3 is 2.44 bits per heavy atom. The molecule has 1 rings (SSSR count). The smallest absolute Gasteiger partial charge is 0.387 e. The maximum absolute atomic E-state index is 11.9. The van der Waals surface area contributed by atoms with Gasteiger partial charge in [0.2, 0.25) is 0 Å². The molecule has 1 aromatic rings. The molecule has 2 nitrogen and oxygen atoms in total. The van der Waals surface area contributed by atoms with Crippen LogP contribution in [0.25, 0.3) is 6.08 Å². The molecule has 0 aliphatic rings. The Morgan fingerprint density at radius 1 is 1.38 bits per heavy atom. The fourth-order valence-electron chi connectivity index (χ4n) is 1.29. The van der Waals surface area contributed by atoms with E-state index in [0.717, 1.165) is 17.6 Å². The maximum Gasteiger partial charge on any atom is 0.387 e. The van der Waals surface area contributed by atoms with Crippen molar-refractivity contribution in [3.05, 3.63) is 35.4 Å². The molecular formula is C12H15F2NO. The molecule has 0 saturated heterocycles. The zero-order chi connectivity index (χ0) is 12.0. The lowest BCUT2D eigenvalue weighted by Gasteiger charge is -2.05. The first-order valence-corrected chi connectivity index (χ1v) is 5.10. The molecule has 0 aromatic heterocycles. The number of alkyl halides is 2. The van der Waals surface area contributed by atoms with E-state index in [1.165, 1.54) is 12.1 Å². The van der Waals surface area contributed by atoms with Gasteiger partial charge >= 0.3 is 6.61 Å². The van der Waals surface area contributed by atoms with Crippen molar-refractivity contribution in [2.24, 2.45) is 5.73 Å². The van der Waals surface area contributed by atoms with Gasteiger partial charge in [-0.2, -0.15) is 8.78 Å². The normalized spacial score (nSPS) is 11.9. The molecule has 0 atom stereocenters. The van der Waals surface area contributed by atoms with E-state index in [9.17, 15) is 8.78 Å². The van der Waals surface area contributed by atoms with Crippen LogP contribution in [-0.2, 0) is 0 Å². The maximum atomic E-state index is 11.9. The highest BCUT2D eigenvalue weighted by Crippen LogP contribution is 2.17. The Balaban J connectivity index is 2.74. The standard InChI is InChI=1S/C12H15F2NO/c1-2-9(8-15)7-10-3-5-11(6-4-10)16-12(13)14/h3-7,12H,2,8,15H2,1H3. The second kappa shape index (κ2) is 6.23. The van der Waals surface area contributed by atoms with Crippen molar-refractivity contribution < 1.29 is 13.5 Å². The van der Waals surface area contributed by atoms with Gasteiger partial charge in [0.1, 0.15) is 5.75 Å². The van der Waals surface area contributed by atoms with Gasteiger partial charge in [0.25, 0.3) is 0 Å². The summed E-state index contributed by atoms with van der Waals surface area (Å²) in [4.78, 5) is 0. The van der Waals surface area contributed by atoms with Gasteiger partial charge in [0.05, 0.1) is 0 Å². The first-order chi connectivity index (χ1) is 7.65. The molecule has 88 valence electrons. The molecule has 0 unspecified atom stereocenters. The third-order valence-electron chi connectivity index (χ3n) is 2.19. The monoisotopic (exact) mass is 227 g/mol. The fourth-order valence-corrected chi connectivity index (χ4v) is 1.29. The van der Waals surface area contributed by atoms with Gasteiger partial charge in [-0.15, -0.1) is 0 Å². The van der Waals surface area contributed by atoms with Crippen LogP contribution in [0.2, 0.25) is 0 Å². The van der Waals surface area contributed by atoms with Gasteiger partial charge in [0, 0.05) is 6.54 Å². The van der Waals surface area contributed by atoms with E-state index in [1.807, 2.05) is 13.0 Å². The van der Waals surface area contributed by atoms with Crippen LogP contribution >= 0.6 is 0 Å². The Kier molecular flexibility index (Phi) is 4.92. The van der Waals surface area contributed by atoms with Crippen LogP contribution < -0.4 is 10.5 Å². The molecule has 0 bridgehead atoms. The van der Waals surface area contributed by atoms with Crippen molar-refractivity contribution in [1.82, 2.24) is 0 Å². The van der Waals surface area contributed by atoms with Crippen LogP contribution in [0.15, 0.2) is 29.8 Å². The van der Waals surface area contributed by atoms with Gasteiger partial charge in [-0.05, 0) is 24.1 Å². The highest BCUT2D eigenvalue weighted by molar-refractivity contribution is 5.54. The van der Waals surface area contributed by atoms with Crippen molar-refractivity contribution >= 4 is 6.08 Å². The van der Waals surface area contributed by atoms with Crippen molar-refractivity contribution in [1.29, 1.82) is 0 Å². The minimum Gasteiger partial charge on any atom is -0.435 e. The van der Waals surface area contributed by atoms with E-state index in [0.29, 0.717) is 6.54 Å². The lowest BCUT2D eigenvalue weighted by Crippen LogP contribution is -2.02. The predicted molar refractivity (Wildman–Crippen MR) is 60.4 cm³/mol. The SMILES string of the molecule is CCC(=Cc1ccc(OC(F)F)cc1)CN. The first-order valence-electron chi connectivity index (χ1n) is 5.10. The lowest BCUT2D eigenvalue weighted by atomic mass is 10.1. The van der Waals surface area contributed by atoms with E-state index < -0.39 is 6.61 Å². The number of benzene rings is 1. The summed E-state index contributed by atoms with van der Waals surface area (Å²) in [6.07, 6.45) is 2.83. The van der Waals surface area contributed by atoms with Crippen LogP contribution in [-0.4, -0.2) is 13.2 Å². The van der Waals surface area contributed by atoms with E-state index in [-0.39, 0.29) is 5.75 Å². The first kappa shape index (κ1) is 12.6. The zero-order valence-corrected chi connectivity index (χ0v) is 9.12. The Bertz CT molecular complexity index is 341. The summed E-state index contributed by atoms with van der Waals surface area (Å²) in [5.41, 5.74) is 7.58. The number of ether oxygens (including phenoxy) is 1. The van der Waals surface area contributed by atoms with Crippen LogP contribution in [0.4, 0.5) is 8.78 Å². The fraction of sp³-hybridized carbons (Fsp3) is 0.333. The Labute approximate surface area is 93.7 Å². The molecule has 0 aliphatic heterocycles. The summed E-state index contributed by atoms with van der Waals surface area (Å²) in [5, 5.41) is 0. The molecule has 0 fully saturated rings. The van der Waals surface area contributed by atoms with Crippen molar-refractivity contribution in [2.45, 2.75) is 20.0 Å². The molecule has 1 aromatic carbocycles. The third-order valence-corrected chi connectivity index (χ3v) is 2.19. The van der Waals surface area contributed by atoms with E-state index in [2.05, 4.69) is 4.74 Å². The van der Waals surface area contributed by atoms with Crippen LogP contribution in [0.5, 0.6) is 5.75 Å². The summed E-state index contributed by atoms with van der Waals surface area (Å²) in [5.74, 6) is 0.165. The minimum absolute atomic E-state index is 0.165. The largest absolute Gasteiger partial charge is 0.435 e. The topological polar surface area (TPSA) is 35.2 Å². The van der Waals surface area contributed by atoms with Gasteiger partial charge in [-0.25, -0.2) is 0 Å². The molecule has 0 saturated carbocycles. The highest BCUT2D eigenvalue weighted by Gasteiger charge is 2.03. The third kappa shape index (κ3) is 3.98. The highest BCUT2D eigenvalue weighted by atomic mass is 19.3. The summed E-state index contributed by atoms with van der Waals surface area (Å²) in [7, 11) is 0. The van der Waals surface area contributed by atoms with Crippen molar-refractivity contribution in [3.63, 3.8) is 0 Å². The average molecular weight is 227 g/mol. The molecule has 0 radical (unpaired) electrons. The van der Waals surface area contributed by atoms with E-state index in [4.69, 9.17) is 5.73 Å². The molecule has 2 N–H and O–H groups in total. The van der Waals surface area contributed by atoms with Crippen molar-refractivity contribution in [3.8, 4) is 5.75 Å². The molecular weight excluding hydrogens is 212 g/mol. The number of hydrogen-bond donors (Lipinski definition) is 1. The summed E-state index contributed by atoms with van der Waals surface area (Å²) >= 11 is 0.